The molecule has 67 valence electrons. The second-order valence-electron chi connectivity index (χ2n) is 2.96. The molecule has 1 heterocycles. The summed E-state index contributed by atoms with van der Waals surface area (Å²) in [6.45, 7) is 2.82. The zero-order chi connectivity index (χ0) is 9.10. The first-order chi connectivity index (χ1) is 6.42. The van der Waals surface area contributed by atoms with Gasteiger partial charge in [0.25, 0.3) is 0 Å². The van der Waals surface area contributed by atoms with E-state index >= 15 is 0 Å². The lowest BCUT2D eigenvalue weighted by molar-refractivity contribution is 0.119. The van der Waals surface area contributed by atoms with Gasteiger partial charge in [0.15, 0.2) is 0 Å². The van der Waals surface area contributed by atoms with E-state index in [0.717, 1.165) is 18.5 Å². The van der Waals surface area contributed by atoms with Crippen LogP contribution >= 0.6 is 0 Å². The molecule has 0 bridgehead atoms. The average molecular weight is 174 g/mol. The molecule has 0 spiro atoms. The van der Waals surface area contributed by atoms with Crippen molar-refractivity contribution in [2.75, 3.05) is 6.61 Å². The van der Waals surface area contributed by atoms with Gasteiger partial charge in [-0.1, -0.05) is 25.1 Å². The minimum atomic E-state index is 0.731. The molecule has 1 radical (unpaired) electrons. The van der Waals surface area contributed by atoms with Gasteiger partial charge in [-0.2, -0.15) is 4.73 Å². The molecule has 13 heavy (non-hydrogen) atoms. The van der Waals surface area contributed by atoms with E-state index in [1.54, 1.807) is 4.73 Å². The lowest BCUT2D eigenvalue weighted by Gasteiger charge is -2.05. The Kier molecular flexibility index (Phi) is 2.21. The second kappa shape index (κ2) is 3.52. The third-order valence-corrected chi connectivity index (χ3v) is 1.92. The Morgan fingerprint density at radius 1 is 1.38 bits per heavy atom. The molecule has 2 aromatic rings. The quantitative estimate of drug-likeness (QED) is 0.696. The van der Waals surface area contributed by atoms with Crippen LogP contribution in [0.2, 0.25) is 0 Å². The molecule has 0 saturated heterocycles. The summed E-state index contributed by atoms with van der Waals surface area (Å²) in [6.07, 6.45) is 4.06. The first-order valence-corrected chi connectivity index (χ1v) is 4.53. The van der Waals surface area contributed by atoms with E-state index in [2.05, 4.69) is 19.2 Å². The summed E-state index contributed by atoms with van der Waals surface area (Å²) >= 11 is 0. The Morgan fingerprint density at radius 2 is 2.23 bits per heavy atom. The van der Waals surface area contributed by atoms with Crippen LogP contribution in [-0.2, 0) is 0 Å². The standard InChI is InChI=1S/C11H12NO/c1-2-9-13-12-8-7-10-5-3-4-6-11(10)12/h3-7H,2,9H2,1H3. The molecule has 0 atom stereocenters. The normalized spacial score (nSPS) is 10.5. The topological polar surface area (TPSA) is 14.2 Å². The minimum absolute atomic E-state index is 0.731. The molecule has 2 nitrogen and oxygen atoms in total. The summed E-state index contributed by atoms with van der Waals surface area (Å²) in [4.78, 5) is 5.47. The number of hydrogen-bond donors (Lipinski definition) is 0. The van der Waals surface area contributed by atoms with E-state index in [4.69, 9.17) is 4.84 Å². The highest BCUT2D eigenvalue weighted by molar-refractivity contribution is 5.79. The van der Waals surface area contributed by atoms with Crippen molar-refractivity contribution in [2.45, 2.75) is 13.3 Å². The molecule has 0 amide bonds. The van der Waals surface area contributed by atoms with Crippen molar-refractivity contribution >= 4 is 10.9 Å². The highest BCUT2D eigenvalue weighted by atomic mass is 16.7. The van der Waals surface area contributed by atoms with Gasteiger partial charge in [0, 0.05) is 5.39 Å². The van der Waals surface area contributed by atoms with Crippen molar-refractivity contribution in [3.05, 3.63) is 36.5 Å². The summed E-state index contributed by atoms with van der Waals surface area (Å²) in [6, 6.07) is 10.0. The maximum absolute atomic E-state index is 5.47. The fourth-order valence-corrected chi connectivity index (χ4v) is 1.28. The average Bonchev–Trinajstić information content (AvgIpc) is 2.58. The Morgan fingerprint density at radius 3 is 3.08 bits per heavy atom. The van der Waals surface area contributed by atoms with Gasteiger partial charge in [-0.05, 0) is 18.6 Å². The lowest BCUT2D eigenvalue weighted by Crippen LogP contribution is -2.10. The van der Waals surface area contributed by atoms with Crippen molar-refractivity contribution in [3.8, 4) is 0 Å². The molecule has 0 unspecified atom stereocenters. The number of fused-ring (bicyclic) bond motifs is 1. The molecule has 0 fully saturated rings. The van der Waals surface area contributed by atoms with Crippen molar-refractivity contribution in [1.29, 1.82) is 0 Å². The Balaban J connectivity index is 2.35. The highest BCUT2D eigenvalue weighted by Crippen LogP contribution is 2.12. The van der Waals surface area contributed by atoms with Crippen LogP contribution in [0.15, 0.2) is 30.3 Å². The molecule has 0 N–H and O–H groups in total. The second-order valence-corrected chi connectivity index (χ2v) is 2.96. The Bertz CT molecular complexity index is 392. The van der Waals surface area contributed by atoms with Crippen LogP contribution in [0.1, 0.15) is 13.3 Å². The molecule has 0 aliphatic rings. The zero-order valence-corrected chi connectivity index (χ0v) is 7.66. The van der Waals surface area contributed by atoms with Gasteiger partial charge in [0.2, 0.25) is 0 Å². The van der Waals surface area contributed by atoms with Crippen LogP contribution < -0.4 is 4.84 Å². The molecular formula is C11H12NO. The van der Waals surface area contributed by atoms with E-state index in [0.29, 0.717) is 0 Å². The summed E-state index contributed by atoms with van der Waals surface area (Å²) in [5, 5.41) is 1.17. The SMILES string of the molecule is CCCOn1[c]cc2ccccc21. The number of benzene rings is 1. The van der Waals surface area contributed by atoms with Crippen LogP contribution in [0.25, 0.3) is 10.9 Å². The number of para-hydroxylation sites is 1. The summed E-state index contributed by atoms with van der Waals surface area (Å²) in [5.41, 5.74) is 1.08. The zero-order valence-electron chi connectivity index (χ0n) is 7.66. The lowest BCUT2D eigenvalue weighted by atomic mass is 10.3. The predicted octanol–water partition coefficient (Wildman–Crippen LogP) is 2.28. The maximum Gasteiger partial charge on any atom is 0.114 e. The summed E-state index contributed by atoms with van der Waals surface area (Å²) in [5.74, 6) is 0. The predicted molar refractivity (Wildman–Crippen MR) is 52.5 cm³/mol. The van der Waals surface area contributed by atoms with E-state index in [-0.39, 0.29) is 0 Å². The third-order valence-electron chi connectivity index (χ3n) is 1.92. The molecule has 0 saturated carbocycles. The molecule has 0 aliphatic heterocycles. The van der Waals surface area contributed by atoms with Gasteiger partial charge in [0.1, 0.15) is 12.8 Å². The van der Waals surface area contributed by atoms with Gasteiger partial charge < -0.3 is 4.84 Å². The molecular weight excluding hydrogens is 162 g/mol. The van der Waals surface area contributed by atoms with E-state index in [1.165, 1.54) is 5.39 Å². The van der Waals surface area contributed by atoms with Crippen LogP contribution in [0.5, 0.6) is 0 Å². The number of hydrogen-bond acceptors (Lipinski definition) is 1. The van der Waals surface area contributed by atoms with Crippen molar-refractivity contribution < 1.29 is 4.84 Å². The molecule has 2 rings (SSSR count). The summed E-state index contributed by atoms with van der Waals surface area (Å²) < 4.78 is 1.71. The van der Waals surface area contributed by atoms with Gasteiger partial charge in [-0.25, -0.2) is 0 Å². The van der Waals surface area contributed by atoms with Gasteiger partial charge >= 0.3 is 0 Å². The first-order valence-electron chi connectivity index (χ1n) is 4.53. The van der Waals surface area contributed by atoms with E-state index in [9.17, 15) is 0 Å². The molecule has 2 heteroatoms. The molecule has 0 aliphatic carbocycles. The Labute approximate surface area is 77.7 Å². The van der Waals surface area contributed by atoms with Gasteiger partial charge in [-0.3, -0.25) is 0 Å². The van der Waals surface area contributed by atoms with Crippen molar-refractivity contribution in [2.24, 2.45) is 0 Å². The van der Waals surface area contributed by atoms with Crippen LogP contribution in [0.4, 0.5) is 0 Å². The van der Waals surface area contributed by atoms with E-state index < -0.39 is 0 Å². The minimum Gasteiger partial charge on any atom is -0.413 e. The van der Waals surface area contributed by atoms with E-state index in [1.807, 2.05) is 24.3 Å². The fourth-order valence-electron chi connectivity index (χ4n) is 1.28. The summed E-state index contributed by atoms with van der Waals surface area (Å²) in [7, 11) is 0. The van der Waals surface area contributed by atoms with Crippen molar-refractivity contribution in [1.82, 2.24) is 4.73 Å². The van der Waals surface area contributed by atoms with Crippen LogP contribution in [-0.4, -0.2) is 11.3 Å². The Hall–Kier alpha value is -1.44. The molecule has 1 aromatic carbocycles. The van der Waals surface area contributed by atoms with Crippen LogP contribution in [0, 0.1) is 6.20 Å². The van der Waals surface area contributed by atoms with Crippen LogP contribution in [0.3, 0.4) is 0 Å². The largest absolute Gasteiger partial charge is 0.413 e. The smallest absolute Gasteiger partial charge is 0.114 e. The third kappa shape index (κ3) is 1.52. The maximum atomic E-state index is 5.47. The van der Waals surface area contributed by atoms with Gasteiger partial charge in [-0.15, -0.1) is 0 Å². The number of aromatic nitrogens is 1. The number of rotatable bonds is 3. The van der Waals surface area contributed by atoms with Crippen molar-refractivity contribution in [3.63, 3.8) is 0 Å². The molecule has 1 aromatic heterocycles. The first kappa shape index (κ1) is 8.17. The highest BCUT2D eigenvalue weighted by Gasteiger charge is 1.99. The monoisotopic (exact) mass is 174 g/mol. The number of nitrogens with zero attached hydrogens (tertiary/aromatic N) is 1. The fraction of sp³-hybridized carbons (Fsp3) is 0.273. The van der Waals surface area contributed by atoms with Gasteiger partial charge in [0.05, 0.1) is 5.52 Å².